The smallest absolute Gasteiger partial charge is 0.146 e. The van der Waals surface area contributed by atoms with Gasteiger partial charge in [0.05, 0.1) is 26.0 Å². The lowest BCUT2D eigenvalue weighted by Gasteiger charge is -2.13. The average molecular weight is 238 g/mol. The van der Waals surface area contributed by atoms with Crippen LogP contribution in [0.2, 0.25) is 0 Å². The van der Waals surface area contributed by atoms with Gasteiger partial charge < -0.3 is 16.2 Å². The van der Waals surface area contributed by atoms with Crippen LogP contribution in [0, 0.1) is 5.41 Å². The minimum atomic E-state index is 0.0101. The number of hydrogen-bond acceptors (Lipinski definition) is 5. The van der Waals surface area contributed by atoms with E-state index in [9.17, 15) is 0 Å². The van der Waals surface area contributed by atoms with Crippen molar-refractivity contribution in [2.75, 3.05) is 20.3 Å². The molecule has 0 spiro atoms. The lowest BCUT2D eigenvalue weighted by atomic mass is 10.0. The number of nitrogens with two attached hydrogens (primary N) is 3. The molecule has 0 radical (unpaired) electrons. The van der Waals surface area contributed by atoms with E-state index in [1.54, 1.807) is 24.6 Å². The van der Waals surface area contributed by atoms with Crippen molar-refractivity contribution in [2.24, 2.45) is 16.6 Å². The lowest BCUT2D eigenvalue weighted by Crippen LogP contribution is -2.73. The van der Waals surface area contributed by atoms with Crippen molar-refractivity contribution in [3.05, 3.63) is 23.4 Å². The summed E-state index contributed by atoms with van der Waals surface area (Å²) >= 11 is 0. The summed E-state index contributed by atoms with van der Waals surface area (Å²) in [5, 5.41) is 11.8. The van der Waals surface area contributed by atoms with E-state index < -0.39 is 0 Å². The highest BCUT2D eigenvalue weighted by molar-refractivity contribution is 6.51. The molecule has 0 aromatic heterocycles. The highest BCUT2D eigenvalue weighted by Gasteiger charge is 2.16. The molecule has 94 valence electrons. The molecule has 0 amide bonds. The van der Waals surface area contributed by atoms with Crippen LogP contribution in [-0.2, 0) is 4.74 Å². The summed E-state index contributed by atoms with van der Waals surface area (Å²) < 4.78 is 5.42. The van der Waals surface area contributed by atoms with Crippen molar-refractivity contribution in [1.29, 1.82) is 5.41 Å². The molecule has 1 rings (SSSR count). The molecule has 6 heteroatoms. The molecule has 6 nitrogen and oxygen atoms in total. The summed E-state index contributed by atoms with van der Waals surface area (Å²) in [6.45, 7) is 2.81. The molecular formula is C11H20N5O+. The molecule has 0 unspecified atom stereocenters. The molecular weight excluding hydrogens is 218 g/mol. The summed E-state index contributed by atoms with van der Waals surface area (Å²) in [6.07, 6.45) is 3.54. The first-order valence-corrected chi connectivity index (χ1v) is 5.50. The van der Waals surface area contributed by atoms with Crippen LogP contribution in [0.15, 0.2) is 28.5 Å². The molecule has 0 saturated carbocycles. The van der Waals surface area contributed by atoms with Gasteiger partial charge in [-0.2, -0.15) is 0 Å². The molecule has 1 atom stereocenters. The number of nitrogens with one attached hydrogen (secondary N) is 1. The molecule has 0 aromatic carbocycles. The molecule has 17 heavy (non-hydrogen) atoms. The highest BCUT2D eigenvalue weighted by atomic mass is 16.5. The van der Waals surface area contributed by atoms with Crippen LogP contribution in [0.5, 0.6) is 0 Å². The Labute approximate surface area is 101 Å². The van der Waals surface area contributed by atoms with Crippen molar-refractivity contribution < 1.29 is 10.2 Å². The number of hydrogen-bond donors (Lipinski definition) is 4. The normalized spacial score (nSPS) is 20.2. The van der Waals surface area contributed by atoms with Gasteiger partial charge >= 0.3 is 0 Å². The quantitative estimate of drug-likeness (QED) is 0.271. The Morgan fingerprint density at radius 3 is 2.82 bits per heavy atom. The predicted molar refractivity (Wildman–Crippen MR) is 67.8 cm³/mol. The maximum Gasteiger partial charge on any atom is 0.146 e. The molecule has 0 saturated heterocycles. The van der Waals surface area contributed by atoms with Crippen LogP contribution in [0.4, 0.5) is 0 Å². The molecule has 0 aromatic rings. The van der Waals surface area contributed by atoms with Crippen molar-refractivity contribution in [1.82, 2.24) is 0 Å². The van der Waals surface area contributed by atoms with Gasteiger partial charge in [-0.1, -0.05) is 5.10 Å². The van der Waals surface area contributed by atoms with Crippen LogP contribution >= 0.6 is 0 Å². The summed E-state index contributed by atoms with van der Waals surface area (Å²) in [4.78, 5) is 0. The average Bonchev–Trinajstić information content (AvgIpc) is 2.25. The van der Waals surface area contributed by atoms with E-state index in [0.717, 1.165) is 5.57 Å². The van der Waals surface area contributed by atoms with Crippen molar-refractivity contribution in [3.8, 4) is 0 Å². The Balaban J connectivity index is 2.68. The van der Waals surface area contributed by atoms with Crippen LogP contribution in [-0.4, -0.2) is 37.7 Å². The van der Waals surface area contributed by atoms with Gasteiger partial charge in [-0.05, 0) is 24.6 Å². The van der Waals surface area contributed by atoms with E-state index in [0.29, 0.717) is 24.6 Å². The van der Waals surface area contributed by atoms with Crippen LogP contribution in [0.25, 0.3) is 0 Å². The minimum absolute atomic E-state index is 0.0101. The van der Waals surface area contributed by atoms with Gasteiger partial charge in [-0.3, -0.25) is 5.41 Å². The van der Waals surface area contributed by atoms with Gasteiger partial charge in [0.1, 0.15) is 11.4 Å². The first kappa shape index (κ1) is 13.6. The van der Waals surface area contributed by atoms with E-state index in [2.05, 4.69) is 5.10 Å². The Bertz CT molecular complexity index is 381. The monoisotopic (exact) mass is 238 g/mol. The Hall–Kier alpha value is -1.50. The fourth-order valence-electron chi connectivity index (χ4n) is 1.40. The van der Waals surface area contributed by atoms with Crippen molar-refractivity contribution in [2.45, 2.75) is 13.0 Å². The summed E-state index contributed by atoms with van der Waals surface area (Å²) in [5.41, 5.74) is 15.1. The van der Waals surface area contributed by atoms with Gasteiger partial charge in [-0.25, -0.2) is 5.43 Å². The molecule has 1 aliphatic carbocycles. The Morgan fingerprint density at radius 1 is 1.53 bits per heavy atom. The van der Waals surface area contributed by atoms with E-state index in [-0.39, 0.29) is 11.8 Å². The third-order valence-electron chi connectivity index (χ3n) is 2.13. The lowest BCUT2D eigenvalue weighted by molar-refractivity contribution is -0.632. The van der Waals surface area contributed by atoms with Gasteiger partial charge in [0, 0.05) is 6.04 Å². The topological polar surface area (TPSA) is 114 Å². The van der Waals surface area contributed by atoms with Gasteiger partial charge in [0.25, 0.3) is 0 Å². The fraction of sp³-hybridized carbons (Fsp3) is 0.455. The standard InChI is InChI=1S/C11H19N5O/c1-7(12)5-17-6-8-3-9(13)11(14)10(4-8)16-15-2/h3-4,7,14-15H,5-6,12-13H2,1-2H3/p+1/b14-11?,16-10-/t7-/m1/s1. The summed E-state index contributed by atoms with van der Waals surface area (Å²) in [5.74, 6) is 0. The van der Waals surface area contributed by atoms with E-state index in [4.69, 9.17) is 21.6 Å². The largest absolute Gasteiger partial charge is 0.397 e. The maximum atomic E-state index is 7.74. The van der Waals surface area contributed by atoms with E-state index in [1.807, 2.05) is 6.92 Å². The maximum absolute atomic E-state index is 7.74. The number of allylic oxidation sites excluding steroid dienone is 2. The van der Waals surface area contributed by atoms with Crippen LogP contribution in [0.1, 0.15) is 6.92 Å². The molecule has 1 aliphatic rings. The summed E-state index contributed by atoms with van der Waals surface area (Å²) in [7, 11) is 1.80. The second kappa shape index (κ2) is 6.29. The Morgan fingerprint density at radius 2 is 2.24 bits per heavy atom. The van der Waals surface area contributed by atoms with Gasteiger partial charge in [-0.15, -0.1) is 0 Å². The zero-order valence-electron chi connectivity index (χ0n) is 10.2. The number of quaternary nitrogens is 1. The van der Waals surface area contributed by atoms with E-state index >= 15 is 0 Å². The predicted octanol–water partition coefficient (Wildman–Crippen LogP) is -1.30. The van der Waals surface area contributed by atoms with E-state index in [1.165, 1.54) is 0 Å². The molecule has 0 aliphatic heterocycles. The first-order valence-electron chi connectivity index (χ1n) is 5.50. The first-order chi connectivity index (χ1) is 8.04. The fourth-order valence-corrected chi connectivity index (χ4v) is 1.40. The van der Waals surface area contributed by atoms with Crippen molar-refractivity contribution in [3.63, 3.8) is 0 Å². The zero-order valence-corrected chi connectivity index (χ0v) is 10.2. The van der Waals surface area contributed by atoms with Crippen molar-refractivity contribution >= 4 is 11.4 Å². The second-order valence-corrected chi connectivity index (χ2v) is 3.96. The molecule has 7 N–H and O–H groups in total. The molecule has 0 bridgehead atoms. The highest BCUT2D eigenvalue weighted by Crippen LogP contribution is 2.09. The SMILES string of the molecule is C[NH2+]/N=C1/C=C(COC[C@@H](C)N)C=C(N)C1=N. The third kappa shape index (κ3) is 4.10. The van der Waals surface area contributed by atoms with Gasteiger partial charge in [0.15, 0.2) is 0 Å². The number of ether oxygens (including phenoxy) is 1. The second-order valence-electron chi connectivity index (χ2n) is 3.96. The van der Waals surface area contributed by atoms with Crippen LogP contribution in [0.3, 0.4) is 0 Å². The summed E-state index contributed by atoms with van der Waals surface area (Å²) in [6, 6.07) is 0.0101. The third-order valence-corrected chi connectivity index (χ3v) is 2.13. The van der Waals surface area contributed by atoms with Gasteiger partial charge in [0.2, 0.25) is 0 Å². The number of rotatable bonds is 5. The molecule has 0 heterocycles. The molecule has 0 fully saturated rings. The zero-order chi connectivity index (χ0) is 12.8. The minimum Gasteiger partial charge on any atom is -0.397 e. The van der Waals surface area contributed by atoms with Crippen LogP contribution < -0.4 is 16.9 Å². The number of nitrogens with zero attached hydrogens (tertiary/aromatic N) is 1. The Kier molecular flexibility index (Phi) is 5.02.